The number of nitrogens with two attached hydrogens (primary N) is 2. The van der Waals surface area contributed by atoms with Crippen LogP contribution in [0.3, 0.4) is 0 Å². The zero-order valence-corrected chi connectivity index (χ0v) is 48.5. The number of aliphatic hydroxyl groups excluding tert-OH is 2. The molecule has 0 bridgehead atoms. The van der Waals surface area contributed by atoms with Crippen LogP contribution in [0.25, 0.3) is 11.1 Å². The zero-order chi connectivity index (χ0) is 58.6. The quantitative estimate of drug-likeness (QED) is 0.0499. The molecule has 22 heteroatoms. The molecule has 4 amide bonds. The number of carbonyl (C=O) groups is 4. The molecule has 16 nitrogen and oxygen atoms in total. The normalized spacial score (nSPS) is 17.8. The molecule has 2 unspecified atom stereocenters. The first-order chi connectivity index (χ1) is 37.8. The Morgan fingerprint density at radius 3 is 1.54 bits per heavy atom. The van der Waals surface area contributed by atoms with Gasteiger partial charge < -0.3 is 51.4 Å². The summed E-state index contributed by atoms with van der Waals surface area (Å²) in [4.78, 5) is 60.0. The Hall–Kier alpha value is -6.52. The third-order valence-corrected chi connectivity index (χ3v) is 14.8. The SMILES string of the molecule is CC(Cl)Cl.CC1(C)OB(c2ccc(C(=O)N[C@H](CO)c3ccccc3)c(F)c2)OC1(C)C.CN1CC(c2cnc(N)c(-c3ccc(C(=O)N[C@H](CO)c4ccccc4)c(F)c3)c2)CC1=O.CN1CC(c2cnc(N)c(Br)c2)CC1=O. The minimum atomic E-state index is -0.713. The lowest BCUT2D eigenvalue weighted by molar-refractivity contribution is -0.127. The van der Waals surface area contributed by atoms with Gasteiger partial charge in [-0.25, -0.2) is 18.7 Å². The number of likely N-dealkylation sites (N-methyl/N-ethyl adjacent to an activating group) is 2. The highest BCUT2D eigenvalue weighted by Gasteiger charge is 2.52. The molecule has 3 aliphatic rings. The van der Waals surface area contributed by atoms with Crippen molar-refractivity contribution in [3.63, 3.8) is 0 Å². The van der Waals surface area contributed by atoms with Crippen molar-refractivity contribution in [3.05, 3.63) is 171 Å². The summed E-state index contributed by atoms with van der Waals surface area (Å²) in [6.45, 7) is 10.1. The van der Waals surface area contributed by atoms with E-state index in [0.29, 0.717) is 41.8 Å². The summed E-state index contributed by atoms with van der Waals surface area (Å²) in [5.41, 5.74) is 15.3. The van der Waals surface area contributed by atoms with Crippen molar-refractivity contribution in [1.82, 2.24) is 30.4 Å². The maximum absolute atomic E-state index is 14.9. The number of rotatable bonds is 12. The molecule has 6 aromatic rings. The molecule has 2 aromatic heterocycles. The van der Waals surface area contributed by atoms with Gasteiger partial charge in [-0.05, 0) is 120 Å². The lowest BCUT2D eigenvalue weighted by Gasteiger charge is -2.32. The highest BCUT2D eigenvalue weighted by molar-refractivity contribution is 9.10. The number of anilines is 2. The fourth-order valence-corrected chi connectivity index (χ4v) is 9.19. The second kappa shape index (κ2) is 27.8. The van der Waals surface area contributed by atoms with Crippen LogP contribution in [-0.2, 0) is 18.9 Å². The second-order valence-electron chi connectivity index (χ2n) is 20.5. The number of nitrogen functional groups attached to an aromatic ring is 2. The van der Waals surface area contributed by atoms with Gasteiger partial charge in [-0.2, -0.15) is 0 Å². The smallest absolute Gasteiger partial charge is 0.399 e. The standard InChI is InChI=1S/C25H25FN4O3.C21H25BFNO4.C10H12BrN3O.C2H4Cl2/c1-30-13-18(11-23(30)32)17-9-20(24(27)28-12-17)16-7-8-19(21(26)10-16)25(33)29-22(14-31)15-5-3-2-4-6-15;1-20(2)21(3,4)28-22(27-20)15-10-11-16(17(23)12-15)19(26)24-18(13-25)14-8-6-5-7-9-14;1-14-5-7(3-9(14)15)6-2-8(11)10(12)13-4-6;1-2(3)4/h2-10,12,18,22,31H,11,13-14H2,1H3,(H2,27,28)(H,29,33);5-12,18,25H,13H2,1-4H3,(H,24,26);2,4,7H,3,5H2,1H3,(H2,12,13);2H,1H3/t18?,22-;18-;;/m11../s1. The fraction of sp³-hybridized carbons (Fsp3) is 0.345. The number of hydrogen-bond acceptors (Lipinski definition) is 12. The number of amides is 4. The summed E-state index contributed by atoms with van der Waals surface area (Å²) in [7, 11) is 2.88. The molecule has 8 N–H and O–H groups in total. The Morgan fingerprint density at radius 1 is 0.713 bits per heavy atom. The van der Waals surface area contributed by atoms with E-state index in [2.05, 4.69) is 36.5 Å². The van der Waals surface area contributed by atoms with Gasteiger partial charge in [0.15, 0.2) is 0 Å². The zero-order valence-electron chi connectivity index (χ0n) is 45.4. The highest BCUT2D eigenvalue weighted by Crippen LogP contribution is 2.37. The molecule has 0 aliphatic carbocycles. The van der Waals surface area contributed by atoms with E-state index in [1.165, 1.54) is 24.3 Å². The number of nitrogens with one attached hydrogen (secondary N) is 2. The maximum Gasteiger partial charge on any atom is 0.494 e. The number of carbonyl (C=O) groups excluding carboxylic acids is 4. The fourth-order valence-electron chi connectivity index (χ4n) is 8.83. The van der Waals surface area contributed by atoms with Gasteiger partial charge in [-0.15, -0.1) is 23.2 Å². The average molecular weight is 1200 g/mol. The van der Waals surface area contributed by atoms with Crippen LogP contribution < -0.4 is 27.6 Å². The number of aliphatic hydroxyl groups is 2. The van der Waals surface area contributed by atoms with Crippen LogP contribution in [0.2, 0.25) is 0 Å². The van der Waals surface area contributed by atoms with Crippen molar-refractivity contribution < 1.29 is 47.5 Å². The topological polar surface area (TPSA) is 236 Å². The number of halogens is 5. The summed E-state index contributed by atoms with van der Waals surface area (Å²) in [5.74, 6) is -1.40. The molecule has 80 heavy (non-hydrogen) atoms. The van der Waals surface area contributed by atoms with E-state index in [-0.39, 0.29) is 58.6 Å². The average Bonchev–Trinajstić information content (AvgIpc) is 4.05. The Kier molecular flexibility index (Phi) is 21.8. The van der Waals surface area contributed by atoms with Crippen LogP contribution in [0, 0.1) is 11.6 Å². The van der Waals surface area contributed by atoms with Crippen molar-refractivity contribution in [3.8, 4) is 11.1 Å². The molecule has 0 saturated carbocycles. The Labute approximate surface area is 483 Å². The molecule has 4 aromatic carbocycles. The molecular weight excluding hydrogens is 1140 g/mol. The minimum absolute atomic E-state index is 0.00218. The van der Waals surface area contributed by atoms with E-state index in [0.717, 1.165) is 33.3 Å². The monoisotopic (exact) mass is 1200 g/mol. The van der Waals surface area contributed by atoms with Gasteiger partial charge in [-0.1, -0.05) is 72.8 Å². The van der Waals surface area contributed by atoms with Gasteiger partial charge in [0.25, 0.3) is 11.8 Å². The van der Waals surface area contributed by atoms with Crippen LogP contribution >= 0.6 is 39.1 Å². The number of likely N-dealkylation sites (tertiary alicyclic amines) is 2. The van der Waals surface area contributed by atoms with Crippen molar-refractivity contribution in [2.75, 3.05) is 51.9 Å². The van der Waals surface area contributed by atoms with Crippen molar-refractivity contribution in [2.45, 2.75) is 87.4 Å². The highest BCUT2D eigenvalue weighted by atomic mass is 79.9. The van der Waals surface area contributed by atoms with E-state index >= 15 is 0 Å². The van der Waals surface area contributed by atoms with E-state index < -0.39 is 53.9 Å². The summed E-state index contributed by atoms with van der Waals surface area (Å²) in [5, 5.41) is 24.6. The third kappa shape index (κ3) is 16.1. The lowest BCUT2D eigenvalue weighted by Crippen LogP contribution is -2.41. The molecule has 9 rings (SSSR count). The van der Waals surface area contributed by atoms with Gasteiger partial charge in [0.1, 0.15) is 28.1 Å². The summed E-state index contributed by atoms with van der Waals surface area (Å²) >= 11 is 13.4. The molecule has 3 aliphatic heterocycles. The Morgan fingerprint density at radius 2 is 1.14 bits per heavy atom. The predicted molar refractivity (Wildman–Crippen MR) is 311 cm³/mol. The Bertz CT molecular complexity index is 3120. The van der Waals surface area contributed by atoms with Crippen LogP contribution in [0.4, 0.5) is 20.4 Å². The van der Waals surface area contributed by atoms with Gasteiger partial charge in [-0.3, -0.25) is 19.2 Å². The summed E-state index contributed by atoms with van der Waals surface area (Å²) < 4.78 is 42.2. The first-order valence-corrected chi connectivity index (χ1v) is 27.3. The van der Waals surface area contributed by atoms with E-state index in [9.17, 15) is 38.2 Å². The van der Waals surface area contributed by atoms with E-state index in [1.807, 2.05) is 71.1 Å². The third-order valence-electron chi connectivity index (χ3n) is 14.1. The Balaban J connectivity index is 0.000000198. The first-order valence-electron chi connectivity index (χ1n) is 25.6. The van der Waals surface area contributed by atoms with Crippen LogP contribution in [0.15, 0.2) is 126 Å². The first kappa shape index (κ1) is 62.7. The van der Waals surface area contributed by atoms with E-state index in [4.69, 9.17) is 44.0 Å². The van der Waals surface area contributed by atoms with Crippen molar-refractivity contribution in [2.24, 2.45) is 0 Å². The maximum atomic E-state index is 14.9. The second-order valence-corrected chi connectivity index (χ2v) is 22.9. The number of aromatic nitrogens is 2. The molecule has 424 valence electrons. The molecular formula is C58H66BBrCl2F2N8O8. The molecule has 4 atom stereocenters. The largest absolute Gasteiger partial charge is 0.494 e. The lowest BCUT2D eigenvalue weighted by atomic mass is 9.78. The summed E-state index contributed by atoms with van der Waals surface area (Å²) in [6, 6.07) is 29.0. The number of nitrogens with zero attached hydrogens (tertiary/aromatic N) is 4. The van der Waals surface area contributed by atoms with Crippen LogP contribution in [-0.4, -0.2) is 117 Å². The van der Waals surface area contributed by atoms with Gasteiger partial charge in [0.05, 0.1) is 52.1 Å². The number of alkyl halides is 2. The van der Waals surface area contributed by atoms with Crippen LogP contribution in [0.5, 0.6) is 0 Å². The summed E-state index contributed by atoms with van der Waals surface area (Å²) in [6.07, 6.45) is 4.35. The molecule has 3 fully saturated rings. The molecule has 0 radical (unpaired) electrons. The number of hydrogen-bond donors (Lipinski definition) is 6. The number of pyridine rings is 2. The molecule has 5 heterocycles. The van der Waals surface area contributed by atoms with Crippen LogP contribution in [0.1, 0.15) is 114 Å². The van der Waals surface area contributed by atoms with Crippen molar-refractivity contribution in [1.29, 1.82) is 0 Å². The van der Waals surface area contributed by atoms with E-state index in [1.54, 1.807) is 84.7 Å². The molecule has 3 saturated heterocycles. The van der Waals surface area contributed by atoms with Crippen molar-refractivity contribution >= 4 is 87.0 Å². The minimum Gasteiger partial charge on any atom is -0.399 e. The van der Waals surface area contributed by atoms with Gasteiger partial charge in [0.2, 0.25) is 11.8 Å². The van der Waals surface area contributed by atoms with Gasteiger partial charge in [0, 0.05) is 69.8 Å². The predicted octanol–water partition coefficient (Wildman–Crippen LogP) is 8.65. The van der Waals surface area contributed by atoms with Gasteiger partial charge >= 0.3 is 7.12 Å². The number of benzene rings is 4. The molecule has 0 spiro atoms.